The molecule has 2 fully saturated rings. The monoisotopic (exact) mass is 287 g/mol. The van der Waals surface area contributed by atoms with Gasteiger partial charge in [0, 0.05) is 25.2 Å². The van der Waals surface area contributed by atoms with E-state index in [0.29, 0.717) is 6.04 Å². The second-order valence-corrected chi connectivity index (χ2v) is 6.86. The lowest BCUT2D eigenvalue weighted by molar-refractivity contribution is 0.0739. The Morgan fingerprint density at radius 1 is 1.10 bits per heavy atom. The van der Waals surface area contributed by atoms with Crippen molar-refractivity contribution in [3.05, 3.63) is 35.9 Å². The van der Waals surface area contributed by atoms with Crippen molar-refractivity contribution >= 4 is 0 Å². The van der Waals surface area contributed by atoms with Gasteiger partial charge < -0.3 is 10.2 Å². The third-order valence-electron chi connectivity index (χ3n) is 5.16. The van der Waals surface area contributed by atoms with E-state index >= 15 is 0 Å². The van der Waals surface area contributed by atoms with Gasteiger partial charge in [0.15, 0.2) is 0 Å². The zero-order valence-electron chi connectivity index (χ0n) is 13.5. The van der Waals surface area contributed by atoms with Crippen molar-refractivity contribution in [1.29, 1.82) is 0 Å². The summed E-state index contributed by atoms with van der Waals surface area (Å²) in [6.45, 7) is 8.45. The van der Waals surface area contributed by atoms with Crippen molar-refractivity contribution in [2.24, 2.45) is 5.92 Å². The standard InChI is InChI=1S/C18H29N3/c1-15-13-20(2)12-9-18(15)21-11-6-10-19-17(14-21)16-7-4-3-5-8-16/h3-5,7-8,15,17-19H,6,9-14H2,1-2H3. The molecule has 0 amide bonds. The molecule has 0 aromatic heterocycles. The topological polar surface area (TPSA) is 18.5 Å². The summed E-state index contributed by atoms with van der Waals surface area (Å²) in [5.41, 5.74) is 1.44. The fourth-order valence-corrected chi connectivity index (χ4v) is 4.04. The van der Waals surface area contributed by atoms with Crippen LogP contribution in [-0.2, 0) is 0 Å². The van der Waals surface area contributed by atoms with E-state index in [1.54, 1.807) is 0 Å². The minimum absolute atomic E-state index is 0.487. The molecule has 2 saturated heterocycles. The third-order valence-corrected chi connectivity index (χ3v) is 5.16. The summed E-state index contributed by atoms with van der Waals surface area (Å²) in [5.74, 6) is 0.776. The van der Waals surface area contributed by atoms with Crippen molar-refractivity contribution in [2.45, 2.75) is 31.8 Å². The molecule has 3 atom stereocenters. The predicted octanol–water partition coefficient (Wildman–Crippen LogP) is 2.36. The average Bonchev–Trinajstić information content (AvgIpc) is 2.74. The number of benzene rings is 1. The van der Waals surface area contributed by atoms with Crippen LogP contribution in [0.2, 0.25) is 0 Å². The summed E-state index contributed by atoms with van der Waals surface area (Å²) in [6, 6.07) is 12.2. The molecule has 21 heavy (non-hydrogen) atoms. The van der Waals surface area contributed by atoms with Gasteiger partial charge in [0.2, 0.25) is 0 Å². The molecule has 0 bridgehead atoms. The number of likely N-dealkylation sites (tertiary alicyclic amines) is 1. The maximum Gasteiger partial charge on any atom is 0.0449 e. The highest BCUT2D eigenvalue weighted by molar-refractivity contribution is 5.19. The van der Waals surface area contributed by atoms with Crippen LogP contribution in [0.5, 0.6) is 0 Å². The van der Waals surface area contributed by atoms with Crippen LogP contribution in [0.3, 0.4) is 0 Å². The molecule has 0 radical (unpaired) electrons. The van der Waals surface area contributed by atoms with E-state index in [9.17, 15) is 0 Å². The van der Waals surface area contributed by atoms with Gasteiger partial charge in [-0.3, -0.25) is 4.90 Å². The number of nitrogens with zero attached hydrogens (tertiary/aromatic N) is 2. The minimum atomic E-state index is 0.487. The number of hydrogen-bond acceptors (Lipinski definition) is 3. The Bertz CT molecular complexity index is 433. The summed E-state index contributed by atoms with van der Waals surface area (Å²) >= 11 is 0. The summed E-state index contributed by atoms with van der Waals surface area (Å²) in [6.07, 6.45) is 2.58. The number of hydrogen-bond donors (Lipinski definition) is 1. The van der Waals surface area contributed by atoms with Crippen LogP contribution in [0.25, 0.3) is 0 Å². The van der Waals surface area contributed by atoms with Gasteiger partial charge in [0.25, 0.3) is 0 Å². The summed E-state index contributed by atoms with van der Waals surface area (Å²) in [4.78, 5) is 5.24. The second kappa shape index (κ2) is 6.91. The highest BCUT2D eigenvalue weighted by atomic mass is 15.2. The van der Waals surface area contributed by atoms with E-state index in [1.807, 2.05) is 0 Å². The molecule has 0 aliphatic carbocycles. The Morgan fingerprint density at radius 2 is 1.90 bits per heavy atom. The fraction of sp³-hybridized carbons (Fsp3) is 0.667. The van der Waals surface area contributed by atoms with Crippen molar-refractivity contribution in [1.82, 2.24) is 15.1 Å². The summed E-state index contributed by atoms with van der Waals surface area (Å²) in [5, 5.41) is 3.74. The molecule has 3 rings (SSSR count). The van der Waals surface area contributed by atoms with Crippen LogP contribution in [0, 0.1) is 5.92 Å². The molecule has 1 N–H and O–H groups in total. The lowest BCUT2D eigenvalue weighted by atomic mass is 9.92. The Morgan fingerprint density at radius 3 is 2.67 bits per heavy atom. The van der Waals surface area contributed by atoms with Crippen LogP contribution in [-0.4, -0.2) is 55.6 Å². The molecule has 2 aliphatic rings. The smallest absolute Gasteiger partial charge is 0.0449 e. The van der Waals surface area contributed by atoms with Crippen LogP contribution in [0.1, 0.15) is 31.4 Å². The minimum Gasteiger partial charge on any atom is -0.309 e. The zero-order valence-corrected chi connectivity index (χ0v) is 13.5. The SMILES string of the molecule is CC1CN(C)CCC1N1CCCNC(c2ccccc2)C1. The molecule has 116 valence electrons. The lowest BCUT2D eigenvalue weighted by Crippen LogP contribution is -2.50. The molecule has 0 saturated carbocycles. The van der Waals surface area contributed by atoms with E-state index in [0.717, 1.165) is 25.0 Å². The highest BCUT2D eigenvalue weighted by Crippen LogP contribution is 2.25. The fourth-order valence-electron chi connectivity index (χ4n) is 4.04. The quantitative estimate of drug-likeness (QED) is 0.901. The molecule has 2 aliphatic heterocycles. The molecule has 1 aromatic rings. The Labute approximate surface area is 129 Å². The van der Waals surface area contributed by atoms with Crippen molar-refractivity contribution in [2.75, 3.05) is 39.8 Å². The number of rotatable bonds is 2. The first-order valence-electron chi connectivity index (χ1n) is 8.45. The predicted molar refractivity (Wildman–Crippen MR) is 88.4 cm³/mol. The van der Waals surface area contributed by atoms with Gasteiger partial charge in [-0.25, -0.2) is 0 Å². The van der Waals surface area contributed by atoms with Crippen LogP contribution in [0.15, 0.2) is 30.3 Å². The van der Waals surface area contributed by atoms with Crippen LogP contribution in [0.4, 0.5) is 0 Å². The normalized spacial score (nSPS) is 32.8. The van der Waals surface area contributed by atoms with Gasteiger partial charge in [-0.2, -0.15) is 0 Å². The number of nitrogens with one attached hydrogen (secondary N) is 1. The van der Waals surface area contributed by atoms with Crippen molar-refractivity contribution in [3.8, 4) is 0 Å². The Hall–Kier alpha value is -0.900. The van der Waals surface area contributed by atoms with Gasteiger partial charge in [0.1, 0.15) is 0 Å². The first kappa shape index (κ1) is 15.0. The highest BCUT2D eigenvalue weighted by Gasteiger charge is 2.31. The molecule has 0 spiro atoms. The van der Waals surface area contributed by atoms with Crippen molar-refractivity contribution < 1.29 is 0 Å². The largest absolute Gasteiger partial charge is 0.309 e. The van der Waals surface area contributed by atoms with E-state index in [4.69, 9.17) is 0 Å². The molecule has 3 nitrogen and oxygen atoms in total. The van der Waals surface area contributed by atoms with E-state index in [2.05, 4.69) is 59.4 Å². The van der Waals surface area contributed by atoms with Crippen molar-refractivity contribution in [3.63, 3.8) is 0 Å². The molecular formula is C18H29N3. The molecular weight excluding hydrogens is 258 g/mol. The second-order valence-electron chi connectivity index (χ2n) is 6.86. The third kappa shape index (κ3) is 3.65. The average molecular weight is 287 g/mol. The lowest BCUT2D eigenvalue weighted by Gasteiger charge is -2.42. The van der Waals surface area contributed by atoms with Crippen LogP contribution >= 0.6 is 0 Å². The zero-order chi connectivity index (χ0) is 14.7. The van der Waals surface area contributed by atoms with Gasteiger partial charge in [-0.05, 0) is 51.0 Å². The Kier molecular flexibility index (Phi) is 4.94. The van der Waals surface area contributed by atoms with Gasteiger partial charge in [-0.15, -0.1) is 0 Å². The van der Waals surface area contributed by atoms with Gasteiger partial charge >= 0.3 is 0 Å². The first-order valence-corrected chi connectivity index (χ1v) is 8.45. The summed E-state index contributed by atoms with van der Waals surface area (Å²) < 4.78 is 0. The molecule has 1 aromatic carbocycles. The maximum atomic E-state index is 3.74. The van der Waals surface area contributed by atoms with E-state index < -0.39 is 0 Å². The number of piperidine rings is 1. The first-order chi connectivity index (χ1) is 10.2. The maximum absolute atomic E-state index is 3.74. The Balaban J connectivity index is 1.70. The molecule has 2 heterocycles. The van der Waals surface area contributed by atoms with Gasteiger partial charge in [0.05, 0.1) is 0 Å². The summed E-state index contributed by atoms with van der Waals surface area (Å²) in [7, 11) is 2.25. The van der Waals surface area contributed by atoms with E-state index in [1.165, 1.54) is 38.0 Å². The van der Waals surface area contributed by atoms with Crippen LogP contribution < -0.4 is 5.32 Å². The van der Waals surface area contributed by atoms with E-state index in [-0.39, 0.29) is 0 Å². The molecule has 3 unspecified atom stereocenters. The molecule has 3 heteroatoms. The van der Waals surface area contributed by atoms with Gasteiger partial charge in [-0.1, -0.05) is 37.3 Å².